The molecule has 0 aliphatic carbocycles. The lowest BCUT2D eigenvalue weighted by Gasteiger charge is -2.11. The van der Waals surface area contributed by atoms with Gasteiger partial charge in [0.15, 0.2) is 0 Å². The van der Waals surface area contributed by atoms with Crippen molar-refractivity contribution >= 4 is 12.2 Å². The quantitative estimate of drug-likeness (QED) is 0.649. The van der Waals surface area contributed by atoms with Crippen molar-refractivity contribution in [1.82, 2.24) is 10.3 Å². The van der Waals surface area contributed by atoms with Gasteiger partial charge in [0, 0.05) is 12.1 Å². The molecule has 0 unspecified atom stereocenters. The third-order valence-corrected chi connectivity index (χ3v) is 4.00. The average molecular weight is 382 g/mol. The predicted molar refractivity (Wildman–Crippen MR) is 98.4 cm³/mol. The topological polar surface area (TPSA) is 68.3 Å². The highest BCUT2D eigenvalue weighted by atomic mass is 19.1. The lowest BCUT2D eigenvalue weighted by Crippen LogP contribution is -2.24. The minimum Gasteiger partial charge on any atom is -0.438 e. The third-order valence-electron chi connectivity index (χ3n) is 4.00. The zero-order valence-corrected chi connectivity index (χ0v) is 14.9. The van der Waals surface area contributed by atoms with Gasteiger partial charge in [-0.25, -0.2) is 13.8 Å². The van der Waals surface area contributed by atoms with E-state index in [0.29, 0.717) is 5.56 Å². The molecule has 7 heteroatoms. The Hall–Kier alpha value is -3.61. The van der Waals surface area contributed by atoms with Crippen molar-refractivity contribution in [3.8, 4) is 11.6 Å². The second-order valence-electron chi connectivity index (χ2n) is 6.05. The van der Waals surface area contributed by atoms with Crippen molar-refractivity contribution in [2.75, 3.05) is 0 Å². The van der Waals surface area contributed by atoms with Crippen molar-refractivity contribution in [1.29, 1.82) is 0 Å². The van der Waals surface area contributed by atoms with Crippen LogP contribution in [0.2, 0.25) is 0 Å². The van der Waals surface area contributed by atoms with Crippen LogP contribution >= 0.6 is 0 Å². The van der Waals surface area contributed by atoms with E-state index < -0.39 is 17.5 Å². The highest BCUT2D eigenvalue weighted by Crippen LogP contribution is 2.24. The summed E-state index contributed by atoms with van der Waals surface area (Å²) in [4.78, 5) is 27.2. The first-order chi connectivity index (χ1) is 13.5. The van der Waals surface area contributed by atoms with Crippen LogP contribution < -0.4 is 10.1 Å². The van der Waals surface area contributed by atoms with E-state index in [1.54, 1.807) is 25.1 Å². The molecule has 0 spiro atoms. The molecule has 0 bridgehead atoms. The molecule has 1 heterocycles. The minimum absolute atomic E-state index is 0.0921. The summed E-state index contributed by atoms with van der Waals surface area (Å²) in [6, 6.07) is 11.3. The number of hydrogen-bond donors (Lipinski definition) is 1. The van der Waals surface area contributed by atoms with Crippen molar-refractivity contribution in [2.24, 2.45) is 0 Å². The number of pyridine rings is 1. The molecule has 0 saturated heterocycles. The molecular formula is C21H16F2N2O3. The van der Waals surface area contributed by atoms with E-state index in [-0.39, 0.29) is 23.7 Å². The highest BCUT2D eigenvalue weighted by Gasteiger charge is 2.16. The number of carbonyl (C=O) groups is 2. The van der Waals surface area contributed by atoms with E-state index in [1.807, 2.05) is 0 Å². The smallest absolute Gasteiger partial charge is 0.257 e. The van der Waals surface area contributed by atoms with Gasteiger partial charge in [0.1, 0.15) is 29.2 Å². The summed E-state index contributed by atoms with van der Waals surface area (Å²) in [6.45, 7) is 1.96. The number of nitrogens with one attached hydrogen (secondary N) is 1. The van der Waals surface area contributed by atoms with Crippen LogP contribution in [-0.2, 0) is 6.54 Å². The van der Waals surface area contributed by atoms with E-state index in [4.69, 9.17) is 4.74 Å². The molecule has 0 saturated carbocycles. The Labute approximate surface area is 160 Å². The molecule has 0 aliphatic rings. The lowest BCUT2D eigenvalue weighted by atomic mass is 10.1. The van der Waals surface area contributed by atoms with E-state index >= 15 is 0 Å². The molecule has 0 fully saturated rings. The van der Waals surface area contributed by atoms with Crippen LogP contribution in [0.5, 0.6) is 11.6 Å². The van der Waals surface area contributed by atoms with Crippen molar-refractivity contribution in [3.05, 3.63) is 88.6 Å². The number of halogens is 2. The van der Waals surface area contributed by atoms with Crippen LogP contribution in [-0.4, -0.2) is 17.2 Å². The standard InChI is InChI=1S/C21H16F2N2O3/c1-13-8-14(2-3-15(13)12-26)10-24-20(27)19-9-17(23)11-25-21(19)28-18-6-4-16(22)5-7-18/h2-9,11-12H,10H2,1H3,(H,24,27). The number of aldehydes is 1. The number of rotatable bonds is 6. The first kappa shape index (κ1) is 19.2. The molecule has 2 aromatic carbocycles. The Kier molecular flexibility index (Phi) is 5.74. The van der Waals surface area contributed by atoms with Gasteiger partial charge in [-0.2, -0.15) is 0 Å². The van der Waals surface area contributed by atoms with E-state index in [2.05, 4.69) is 10.3 Å². The SMILES string of the molecule is Cc1cc(CNC(=O)c2cc(F)cnc2Oc2ccc(F)cc2)ccc1C=O. The number of hydrogen-bond acceptors (Lipinski definition) is 4. The van der Waals surface area contributed by atoms with Gasteiger partial charge in [-0.3, -0.25) is 9.59 Å². The zero-order chi connectivity index (χ0) is 20.1. The molecule has 142 valence electrons. The van der Waals surface area contributed by atoms with Gasteiger partial charge >= 0.3 is 0 Å². The number of aromatic nitrogens is 1. The van der Waals surface area contributed by atoms with Crippen LogP contribution in [0, 0.1) is 18.6 Å². The van der Waals surface area contributed by atoms with Gasteiger partial charge in [0.05, 0.1) is 6.20 Å². The monoisotopic (exact) mass is 382 g/mol. The maximum absolute atomic E-state index is 13.6. The summed E-state index contributed by atoms with van der Waals surface area (Å²) in [5.41, 5.74) is 2.04. The van der Waals surface area contributed by atoms with E-state index in [1.165, 1.54) is 24.3 Å². The summed E-state index contributed by atoms with van der Waals surface area (Å²) in [7, 11) is 0. The Morgan fingerprint density at radius 2 is 1.86 bits per heavy atom. The number of carbonyl (C=O) groups excluding carboxylic acids is 2. The molecule has 1 aromatic heterocycles. The molecule has 1 amide bonds. The largest absolute Gasteiger partial charge is 0.438 e. The predicted octanol–water partition coefficient (Wildman–Crippen LogP) is 4.20. The molecule has 0 aliphatic heterocycles. The molecule has 28 heavy (non-hydrogen) atoms. The molecular weight excluding hydrogens is 366 g/mol. The molecule has 3 aromatic rings. The third kappa shape index (κ3) is 4.56. The van der Waals surface area contributed by atoms with E-state index in [0.717, 1.165) is 29.7 Å². The fourth-order valence-corrected chi connectivity index (χ4v) is 2.54. The number of nitrogens with zero attached hydrogens (tertiary/aromatic N) is 1. The summed E-state index contributed by atoms with van der Waals surface area (Å²) >= 11 is 0. The molecule has 3 rings (SSSR count). The number of ether oxygens (including phenoxy) is 1. The average Bonchev–Trinajstić information content (AvgIpc) is 2.69. The van der Waals surface area contributed by atoms with Gasteiger partial charge in [0.2, 0.25) is 5.88 Å². The van der Waals surface area contributed by atoms with Gasteiger partial charge in [-0.15, -0.1) is 0 Å². The fraction of sp³-hybridized carbons (Fsp3) is 0.0952. The van der Waals surface area contributed by atoms with Crippen molar-refractivity contribution < 1.29 is 23.1 Å². The molecule has 1 N–H and O–H groups in total. The summed E-state index contributed by atoms with van der Waals surface area (Å²) in [5.74, 6) is -1.55. The summed E-state index contributed by atoms with van der Waals surface area (Å²) in [6.07, 6.45) is 1.69. The molecule has 0 atom stereocenters. The normalized spacial score (nSPS) is 10.4. The van der Waals surface area contributed by atoms with Gasteiger partial charge < -0.3 is 10.1 Å². The Morgan fingerprint density at radius 3 is 2.54 bits per heavy atom. The maximum atomic E-state index is 13.6. The number of aryl methyl sites for hydroxylation is 1. The summed E-state index contributed by atoms with van der Waals surface area (Å²) in [5, 5.41) is 2.67. The van der Waals surface area contributed by atoms with E-state index in [9.17, 15) is 18.4 Å². The minimum atomic E-state index is -0.692. The molecule has 0 radical (unpaired) electrons. The first-order valence-corrected chi connectivity index (χ1v) is 8.38. The Morgan fingerprint density at radius 1 is 1.11 bits per heavy atom. The van der Waals surface area contributed by atoms with Gasteiger partial charge in [0.25, 0.3) is 5.91 Å². The first-order valence-electron chi connectivity index (χ1n) is 8.38. The van der Waals surface area contributed by atoms with Crippen LogP contribution in [0.15, 0.2) is 54.7 Å². The second kappa shape index (κ2) is 8.39. The number of benzene rings is 2. The Balaban J connectivity index is 1.77. The summed E-state index contributed by atoms with van der Waals surface area (Å²) < 4.78 is 32.1. The lowest BCUT2D eigenvalue weighted by molar-refractivity contribution is 0.0947. The van der Waals surface area contributed by atoms with Crippen molar-refractivity contribution in [2.45, 2.75) is 13.5 Å². The zero-order valence-electron chi connectivity index (χ0n) is 14.9. The van der Waals surface area contributed by atoms with Gasteiger partial charge in [-0.1, -0.05) is 18.2 Å². The maximum Gasteiger partial charge on any atom is 0.257 e. The molecule has 5 nitrogen and oxygen atoms in total. The van der Waals surface area contributed by atoms with Crippen LogP contribution in [0.3, 0.4) is 0 Å². The van der Waals surface area contributed by atoms with Crippen molar-refractivity contribution in [3.63, 3.8) is 0 Å². The van der Waals surface area contributed by atoms with Crippen LogP contribution in [0.25, 0.3) is 0 Å². The number of amides is 1. The van der Waals surface area contributed by atoms with Gasteiger partial charge in [-0.05, 0) is 48.4 Å². The fourth-order valence-electron chi connectivity index (χ4n) is 2.54. The second-order valence-corrected chi connectivity index (χ2v) is 6.05. The highest BCUT2D eigenvalue weighted by molar-refractivity contribution is 5.96. The van der Waals surface area contributed by atoms with Crippen LogP contribution in [0.1, 0.15) is 31.8 Å². The van der Waals surface area contributed by atoms with Crippen LogP contribution in [0.4, 0.5) is 8.78 Å². The Bertz CT molecular complexity index is 1020.